The van der Waals surface area contributed by atoms with Gasteiger partial charge in [-0.3, -0.25) is 0 Å². The van der Waals surface area contributed by atoms with Crippen molar-refractivity contribution < 1.29 is 23.7 Å². The molecule has 5 atom stereocenters. The minimum absolute atomic E-state index is 0.00762. The molecule has 3 aliphatic rings. The highest BCUT2D eigenvalue weighted by molar-refractivity contribution is 5.51. The summed E-state index contributed by atoms with van der Waals surface area (Å²) in [5.74, 6) is 0.524. The zero-order valence-corrected chi connectivity index (χ0v) is 15.8. The van der Waals surface area contributed by atoms with Gasteiger partial charge in [-0.2, -0.15) is 0 Å². The maximum atomic E-state index is 10.9. The molecule has 3 heterocycles. The van der Waals surface area contributed by atoms with Crippen molar-refractivity contribution in [1.29, 1.82) is 0 Å². The third-order valence-electron chi connectivity index (χ3n) is 6.13. The van der Waals surface area contributed by atoms with Crippen molar-refractivity contribution in [1.82, 2.24) is 0 Å². The largest absolute Gasteiger partial charge is 0.370 e. The SMILES string of the molecule is CC(CCCC1(C)OCC2(CC=O)CCC1O2)COC1CCCCO1. The number of ether oxygens (including phenoxy) is 4. The molecule has 3 rings (SSSR count). The smallest absolute Gasteiger partial charge is 0.157 e. The van der Waals surface area contributed by atoms with Crippen LogP contribution >= 0.6 is 0 Å². The van der Waals surface area contributed by atoms with Crippen LogP contribution in [-0.4, -0.2) is 49.7 Å². The van der Waals surface area contributed by atoms with Crippen molar-refractivity contribution in [3.63, 3.8) is 0 Å². The second kappa shape index (κ2) is 8.47. The molecule has 0 amide bonds. The molecule has 3 aliphatic heterocycles. The van der Waals surface area contributed by atoms with E-state index >= 15 is 0 Å². The molecule has 0 N–H and O–H groups in total. The van der Waals surface area contributed by atoms with Gasteiger partial charge in [0.15, 0.2) is 6.29 Å². The number of hydrogen-bond donors (Lipinski definition) is 0. The third-order valence-corrected chi connectivity index (χ3v) is 6.13. The quantitative estimate of drug-likeness (QED) is 0.592. The molecule has 5 heteroatoms. The fraction of sp³-hybridized carbons (Fsp3) is 0.950. The molecule has 5 unspecified atom stereocenters. The molecule has 0 radical (unpaired) electrons. The van der Waals surface area contributed by atoms with Gasteiger partial charge in [-0.25, -0.2) is 0 Å². The Morgan fingerprint density at radius 2 is 2.20 bits per heavy atom. The van der Waals surface area contributed by atoms with Crippen LogP contribution in [0.1, 0.15) is 71.6 Å². The normalized spacial score (nSPS) is 39.3. The van der Waals surface area contributed by atoms with E-state index in [0.29, 0.717) is 18.9 Å². The minimum atomic E-state index is -0.340. The van der Waals surface area contributed by atoms with E-state index in [1.807, 2.05) is 0 Å². The van der Waals surface area contributed by atoms with Crippen molar-refractivity contribution in [2.24, 2.45) is 5.92 Å². The second-order valence-electron chi connectivity index (χ2n) is 8.43. The summed E-state index contributed by atoms with van der Waals surface area (Å²) in [7, 11) is 0. The highest BCUT2D eigenvalue weighted by Gasteiger charge is 2.53. The van der Waals surface area contributed by atoms with Gasteiger partial charge in [-0.05, 0) is 57.8 Å². The monoisotopic (exact) mass is 354 g/mol. The average Bonchev–Trinajstić information content (AvgIpc) is 2.99. The van der Waals surface area contributed by atoms with Gasteiger partial charge in [0.2, 0.25) is 0 Å². The molecular weight excluding hydrogens is 320 g/mol. The summed E-state index contributed by atoms with van der Waals surface area (Å²) in [5.41, 5.74) is -0.553. The van der Waals surface area contributed by atoms with Gasteiger partial charge < -0.3 is 23.7 Å². The van der Waals surface area contributed by atoms with Gasteiger partial charge >= 0.3 is 0 Å². The van der Waals surface area contributed by atoms with Crippen LogP contribution in [-0.2, 0) is 23.7 Å². The topological polar surface area (TPSA) is 54.0 Å². The molecule has 2 bridgehead atoms. The third kappa shape index (κ3) is 4.82. The first-order chi connectivity index (χ1) is 12.1. The van der Waals surface area contributed by atoms with E-state index in [1.165, 1.54) is 6.42 Å². The maximum Gasteiger partial charge on any atom is 0.157 e. The molecule has 3 saturated heterocycles. The molecule has 25 heavy (non-hydrogen) atoms. The van der Waals surface area contributed by atoms with Crippen LogP contribution in [0, 0.1) is 5.92 Å². The van der Waals surface area contributed by atoms with Crippen molar-refractivity contribution >= 4 is 6.29 Å². The minimum Gasteiger partial charge on any atom is -0.370 e. The van der Waals surface area contributed by atoms with E-state index in [2.05, 4.69) is 13.8 Å². The fourth-order valence-electron chi connectivity index (χ4n) is 4.33. The predicted octanol–water partition coefficient (Wildman–Crippen LogP) is 3.63. The molecule has 3 fully saturated rings. The Kier molecular flexibility index (Phi) is 6.53. The van der Waals surface area contributed by atoms with Crippen molar-refractivity contribution in [3.05, 3.63) is 0 Å². The van der Waals surface area contributed by atoms with Crippen LogP contribution in [0.25, 0.3) is 0 Å². The molecule has 0 aromatic carbocycles. The zero-order chi connectivity index (χ0) is 17.8. The van der Waals surface area contributed by atoms with E-state index in [9.17, 15) is 4.79 Å². The summed E-state index contributed by atoms with van der Waals surface area (Å²) in [5, 5.41) is 0. The van der Waals surface area contributed by atoms with Gasteiger partial charge in [-0.1, -0.05) is 13.3 Å². The number of carbonyl (C=O) groups is 1. The van der Waals surface area contributed by atoms with E-state index < -0.39 is 0 Å². The first-order valence-corrected chi connectivity index (χ1v) is 10.0. The van der Waals surface area contributed by atoms with Crippen LogP contribution in [0.2, 0.25) is 0 Å². The highest BCUT2D eigenvalue weighted by atomic mass is 16.7. The highest BCUT2D eigenvalue weighted by Crippen LogP contribution is 2.45. The number of rotatable bonds is 9. The van der Waals surface area contributed by atoms with E-state index in [4.69, 9.17) is 18.9 Å². The van der Waals surface area contributed by atoms with Crippen molar-refractivity contribution in [2.45, 2.75) is 95.2 Å². The van der Waals surface area contributed by atoms with E-state index in [0.717, 1.165) is 64.4 Å². The molecule has 0 aromatic heterocycles. The van der Waals surface area contributed by atoms with Crippen LogP contribution in [0.3, 0.4) is 0 Å². The maximum absolute atomic E-state index is 10.9. The first kappa shape index (κ1) is 19.3. The van der Waals surface area contributed by atoms with Gasteiger partial charge in [0, 0.05) is 13.0 Å². The number of carbonyl (C=O) groups excluding carboxylic acids is 1. The lowest BCUT2D eigenvalue weighted by atomic mass is 9.89. The molecular formula is C20H34O5. The number of fused-ring (bicyclic) bond motifs is 2. The van der Waals surface area contributed by atoms with Gasteiger partial charge in [0.05, 0.1) is 30.5 Å². The molecule has 144 valence electrons. The van der Waals surface area contributed by atoms with Crippen LogP contribution in [0.15, 0.2) is 0 Å². The van der Waals surface area contributed by atoms with Gasteiger partial charge in [0.1, 0.15) is 6.29 Å². The predicted molar refractivity (Wildman–Crippen MR) is 94.4 cm³/mol. The van der Waals surface area contributed by atoms with Crippen molar-refractivity contribution in [2.75, 3.05) is 19.8 Å². The molecule has 0 saturated carbocycles. The molecule has 0 aliphatic carbocycles. The lowest BCUT2D eigenvalue weighted by molar-refractivity contribution is -0.240. The number of aldehydes is 1. The Hall–Kier alpha value is -0.490. The van der Waals surface area contributed by atoms with Gasteiger partial charge in [-0.15, -0.1) is 0 Å². The van der Waals surface area contributed by atoms with Crippen LogP contribution in [0.4, 0.5) is 0 Å². The standard InChI is InChI=1S/C20H34O5/c1-16(14-23-18-7-3-4-13-22-18)6-5-9-19(2)17-8-10-20(25-17,11-12-21)15-24-19/h12,16-18H,3-11,13-15H2,1-2H3. The Bertz CT molecular complexity index is 436. The lowest BCUT2D eigenvalue weighted by Gasteiger charge is -2.44. The van der Waals surface area contributed by atoms with Crippen LogP contribution in [0.5, 0.6) is 0 Å². The zero-order valence-electron chi connectivity index (χ0n) is 15.8. The summed E-state index contributed by atoms with van der Waals surface area (Å²) >= 11 is 0. The first-order valence-electron chi connectivity index (χ1n) is 10.0. The summed E-state index contributed by atoms with van der Waals surface area (Å²) in [6.07, 6.45) is 10.1. The van der Waals surface area contributed by atoms with E-state index in [1.54, 1.807) is 0 Å². The summed E-state index contributed by atoms with van der Waals surface area (Å²) in [4.78, 5) is 10.9. The summed E-state index contributed by atoms with van der Waals surface area (Å²) in [6, 6.07) is 0. The second-order valence-corrected chi connectivity index (χ2v) is 8.43. The molecule has 0 spiro atoms. The van der Waals surface area contributed by atoms with Crippen molar-refractivity contribution in [3.8, 4) is 0 Å². The molecule has 0 aromatic rings. The summed E-state index contributed by atoms with van der Waals surface area (Å²) in [6.45, 7) is 6.57. The Balaban J connectivity index is 1.36. The fourth-order valence-corrected chi connectivity index (χ4v) is 4.33. The average molecular weight is 354 g/mol. The summed E-state index contributed by atoms with van der Waals surface area (Å²) < 4.78 is 24.0. The number of hydrogen-bond acceptors (Lipinski definition) is 5. The van der Waals surface area contributed by atoms with Crippen LogP contribution < -0.4 is 0 Å². The Labute approximate surface area is 151 Å². The Morgan fingerprint density at radius 1 is 1.32 bits per heavy atom. The Morgan fingerprint density at radius 3 is 2.96 bits per heavy atom. The van der Waals surface area contributed by atoms with E-state index in [-0.39, 0.29) is 23.6 Å². The lowest BCUT2D eigenvalue weighted by Crippen LogP contribution is -2.52. The molecule has 5 nitrogen and oxygen atoms in total. The van der Waals surface area contributed by atoms with Gasteiger partial charge in [0.25, 0.3) is 0 Å².